The van der Waals surface area contributed by atoms with Crippen LogP contribution in [0.1, 0.15) is 18.5 Å². The second-order valence-electron chi connectivity index (χ2n) is 3.29. The van der Waals surface area contributed by atoms with Crippen molar-refractivity contribution in [1.82, 2.24) is 5.32 Å². The van der Waals surface area contributed by atoms with E-state index in [4.69, 9.17) is 5.11 Å². The minimum absolute atomic E-state index is 0.0643. The maximum absolute atomic E-state index is 11.9. The lowest BCUT2D eigenvalue weighted by Crippen LogP contribution is -2.38. The molecule has 16 heavy (non-hydrogen) atoms. The minimum atomic E-state index is -4.90. The van der Waals surface area contributed by atoms with Gasteiger partial charge in [0.25, 0.3) is 0 Å². The Balaban J connectivity index is 2.73. The molecule has 1 amide bonds. The van der Waals surface area contributed by atoms with Crippen LogP contribution in [-0.2, 0) is 4.79 Å². The van der Waals surface area contributed by atoms with E-state index in [1.54, 1.807) is 5.32 Å². The molecule has 0 radical (unpaired) electrons. The number of aromatic hydroxyl groups is 1. The third-order valence-electron chi connectivity index (χ3n) is 1.98. The first-order valence-corrected chi connectivity index (χ1v) is 4.47. The summed E-state index contributed by atoms with van der Waals surface area (Å²) >= 11 is 0. The van der Waals surface area contributed by atoms with E-state index < -0.39 is 18.1 Å². The van der Waals surface area contributed by atoms with Crippen molar-refractivity contribution in [3.8, 4) is 5.75 Å². The molecule has 6 heteroatoms. The van der Waals surface area contributed by atoms with Gasteiger partial charge in [-0.2, -0.15) is 13.2 Å². The molecule has 0 aliphatic heterocycles. The molecule has 88 valence electrons. The molecular formula is C10H10F3NO2. The second-order valence-corrected chi connectivity index (χ2v) is 3.29. The predicted molar refractivity (Wildman–Crippen MR) is 50.7 cm³/mol. The van der Waals surface area contributed by atoms with Crippen molar-refractivity contribution in [2.75, 3.05) is 0 Å². The van der Waals surface area contributed by atoms with Crippen LogP contribution in [0.2, 0.25) is 0 Å². The molecule has 0 saturated carbocycles. The van der Waals surface area contributed by atoms with E-state index in [1.165, 1.54) is 31.2 Å². The Morgan fingerprint density at radius 2 is 2.06 bits per heavy atom. The first kappa shape index (κ1) is 12.4. The summed E-state index contributed by atoms with van der Waals surface area (Å²) in [5.41, 5.74) is 0.401. The number of alkyl halides is 3. The number of nitrogens with one attached hydrogen (secondary N) is 1. The fraction of sp³-hybridized carbons (Fsp3) is 0.300. The molecule has 0 saturated heterocycles. The Bertz CT molecular complexity index is 390. The lowest BCUT2D eigenvalue weighted by molar-refractivity contribution is -0.174. The van der Waals surface area contributed by atoms with Gasteiger partial charge in [-0.05, 0) is 24.6 Å². The highest BCUT2D eigenvalue weighted by atomic mass is 19.4. The number of hydrogen-bond acceptors (Lipinski definition) is 2. The fourth-order valence-electron chi connectivity index (χ4n) is 1.16. The maximum atomic E-state index is 11.9. The van der Waals surface area contributed by atoms with Crippen molar-refractivity contribution < 1.29 is 23.1 Å². The average Bonchev–Trinajstić information content (AvgIpc) is 2.16. The van der Waals surface area contributed by atoms with Gasteiger partial charge < -0.3 is 10.4 Å². The topological polar surface area (TPSA) is 49.3 Å². The van der Waals surface area contributed by atoms with Gasteiger partial charge in [-0.1, -0.05) is 12.1 Å². The zero-order chi connectivity index (χ0) is 12.3. The Hall–Kier alpha value is -1.72. The summed E-state index contributed by atoms with van der Waals surface area (Å²) in [6.07, 6.45) is -4.90. The first-order chi connectivity index (χ1) is 7.30. The number of phenols is 1. The van der Waals surface area contributed by atoms with E-state index >= 15 is 0 Å². The monoisotopic (exact) mass is 233 g/mol. The molecule has 0 spiro atoms. The number of amides is 1. The van der Waals surface area contributed by atoms with E-state index in [0.29, 0.717) is 5.56 Å². The Morgan fingerprint density at radius 3 is 2.56 bits per heavy atom. The van der Waals surface area contributed by atoms with E-state index in [2.05, 4.69) is 0 Å². The highest BCUT2D eigenvalue weighted by molar-refractivity contribution is 5.82. The summed E-state index contributed by atoms with van der Waals surface area (Å²) in [6.45, 7) is 1.40. The number of phenolic OH excluding ortho intramolecular Hbond substituents is 1. The van der Waals surface area contributed by atoms with Crippen LogP contribution in [0.25, 0.3) is 0 Å². The number of carbonyl (C=O) groups is 1. The number of halogens is 3. The number of hydrogen-bond donors (Lipinski definition) is 2. The van der Waals surface area contributed by atoms with Gasteiger partial charge in [-0.25, -0.2) is 0 Å². The van der Waals surface area contributed by atoms with E-state index in [9.17, 15) is 18.0 Å². The maximum Gasteiger partial charge on any atom is 0.471 e. The Morgan fingerprint density at radius 1 is 1.44 bits per heavy atom. The molecule has 0 aliphatic rings. The third kappa shape index (κ3) is 3.15. The summed E-state index contributed by atoms with van der Waals surface area (Å²) in [5.74, 6) is -2.06. The molecule has 1 aromatic rings. The average molecular weight is 233 g/mol. The molecule has 2 N–H and O–H groups in total. The van der Waals surface area contributed by atoms with Gasteiger partial charge in [-0.3, -0.25) is 4.79 Å². The lowest BCUT2D eigenvalue weighted by Gasteiger charge is -2.15. The molecule has 1 aromatic carbocycles. The zero-order valence-corrected chi connectivity index (χ0v) is 8.38. The lowest BCUT2D eigenvalue weighted by atomic mass is 10.1. The highest BCUT2D eigenvalue weighted by Gasteiger charge is 2.39. The van der Waals surface area contributed by atoms with Gasteiger partial charge >= 0.3 is 12.1 Å². The van der Waals surface area contributed by atoms with Crippen LogP contribution in [0.5, 0.6) is 5.75 Å². The van der Waals surface area contributed by atoms with Crippen molar-refractivity contribution in [2.45, 2.75) is 19.1 Å². The van der Waals surface area contributed by atoms with Gasteiger partial charge in [0, 0.05) is 0 Å². The zero-order valence-electron chi connectivity index (χ0n) is 8.38. The van der Waals surface area contributed by atoms with Crippen LogP contribution in [0.4, 0.5) is 13.2 Å². The van der Waals surface area contributed by atoms with Gasteiger partial charge in [0.15, 0.2) is 0 Å². The highest BCUT2D eigenvalue weighted by Crippen LogP contribution is 2.20. The molecule has 1 rings (SSSR count). The van der Waals surface area contributed by atoms with Crippen molar-refractivity contribution in [3.05, 3.63) is 29.8 Å². The summed E-state index contributed by atoms with van der Waals surface area (Å²) in [4.78, 5) is 10.6. The van der Waals surface area contributed by atoms with Crippen LogP contribution in [0, 0.1) is 0 Å². The second kappa shape index (κ2) is 4.42. The summed E-state index contributed by atoms with van der Waals surface area (Å²) in [5, 5.41) is 10.9. The molecule has 3 nitrogen and oxygen atoms in total. The van der Waals surface area contributed by atoms with Gasteiger partial charge in [0.2, 0.25) is 0 Å². The van der Waals surface area contributed by atoms with E-state index in [0.717, 1.165) is 0 Å². The molecule has 0 bridgehead atoms. The largest absolute Gasteiger partial charge is 0.508 e. The molecule has 0 aromatic heterocycles. The standard InChI is InChI=1S/C10H10F3NO2/c1-6(14-9(16)10(11,12)13)7-3-2-4-8(15)5-7/h2-6,15H,1H3,(H,14,16)/t6-/m1/s1. The quantitative estimate of drug-likeness (QED) is 0.822. The van der Waals surface area contributed by atoms with Crippen molar-refractivity contribution in [3.63, 3.8) is 0 Å². The molecule has 0 heterocycles. The predicted octanol–water partition coefficient (Wildman–Crippen LogP) is 2.13. The van der Waals surface area contributed by atoms with Crippen molar-refractivity contribution in [1.29, 1.82) is 0 Å². The molecule has 0 unspecified atom stereocenters. The SMILES string of the molecule is C[C@@H](NC(=O)C(F)(F)F)c1cccc(O)c1. The van der Waals surface area contributed by atoms with Gasteiger partial charge in [-0.15, -0.1) is 0 Å². The summed E-state index contributed by atoms with van der Waals surface area (Å²) in [6, 6.07) is 4.87. The summed E-state index contributed by atoms with van der Waals surface area (Å²) in [7, 11) is 0. The van der Waals surface area contributed by atoms with Crippen LogP contribution in [0.3, 0.4) is 0 Å². The van der Waals surface area contributed by atoms with E-state index in [1.807, 2.05) is 0 Å². The Kier molecular flexibility index (Phi) is 3.41. The normalized spacial score (nSPS) is 13.2. The third-order valence-corrected chi connectivity index (χ3v) is 1.98. The molecule has 0 aliphatic carbocycles. The van der Waals surface area contributed by atoms with Crippen LogP contribution >= 0.6 is 0 Å². The molecule has 0 fully saturated rings. The molecular weight excluding hydrogens is 223 g/mol. The van der Waals surface area contributed by atoms with Crippen LogP contribution in [0.15, 0.2) is 24.3 Å². The number of carbonyl (C=O) groups excluding carboxylic acids is 1. The smallest absolute Gasteiger partial charge is 0.471 e. The van der Waals surface area contributed by atoms with Crippen LogP contribution < -0.4 is 5.32 Å². The number of benzene rings is 1. The Labute approximate surface area is 89.9 Å². The summed E-state index contributed by atoms with van der Waals surface area (Å²) < 4.78 is 35.8. The number of rotatable bonds is 2. The van der Waals surface area contributed by atoms with Gasteiger partial charge in [0.05, 0.1) is 6.04 Å². The van der Waals surface area contributed by atoms with Gasteiger partial charge in [0.1, 0.15) is 5.75 Å². The molecule has 1 atom stereocenters. The van der Waals surface area contributed by atoms with Crippen molar-refractivity contribution >= 4 is 5.91 Å². The van der Waals surface area contributed by atoms with Crippen LogP contribution in [-0.4, -0.2) is 17.2 Å². The fourth-order valence-corrected chi connectivity index (χ4v) is 1.16. The van der Waals surface area contributed by atoms with E-state index in [-0.39, 0.29) is 5.75 Å². The first-order valence-electron chi connectivity index (χ1n) is 4.47. The minimum Gasteiger partial charge on any atom is -0.508 e. The van der Waals surface area contributed by atoms with Crippen molar-refractivity contribution in [2.24, 2.45) is 0 Å².